The number of rotatable bonds is 5. The number of carbonyl (C=O) groups is 1. The van der Waals surface area contributed by atoms with E-state index < -0.39 is 9.84 Å². The molecule has 0 spiro atoms. The molecule has 2 aromatic rings. The fraction of sp³-hybridized carbons (Fsp3) is 0.409. The van der Waals surface area contributed by atoms with Crippen molar-refractivity contribution in [2.45, 2.75) is 33.2 Å². The zero-order valence-electron chi connectivity index (χ0n) is 17.4. The molecule has 1 atom stereocenters. The number of hydrogen-bond donors (Lipinski definition) is 0. The number of carbonyl (C=O) groups excluding carboxylic acids is 1. The van der Waals surface area contributed by atoms with Gasteiger partial charge in [-0.2, -0.15) is 0 Å². The third-order valence-electron chi connectivity index (χ3n) is 5.76. The van der Waals surface area contributed by atoms with Crippen molar-refractivity contribution in [3.63, 3.8) is 0 Å². The van der Waals surface area contributed by atoms with Gasteiger partial charge in [-0.15, -0.1) is 0 Å². The van der Waals surface area contributed by atoms with E-state index in [4.69, 9.17) is 9.47 Å². The Labute approximate surface area is 176 Å². The zero-order chi connectivity index (χ0) is 21.5. The van der Waals surface area contributed by atoms with Gasteiger partial charge in [-0.25, -0.2) is 8.42 Å². The molecule has 1 fully saturated rings. The molecule has 0 radical (unpaired) electrons. The van der Waals surface area contributed by atoms with Crippen LogP contribution in [0.2, 0.25) is 0 Å². The maximum Gasteiger partial charge on any atom is 0.246 e. The molecule has 8 heteroatoms. The fourth-order valence-electron chi connectivity index (χ4n) is 4.25. The second-order valence-electron chi connectivity index (χ2n) is 7.71. The average Bonchev–Trinajstić information content (AvgIpc) is 3.37. The first-order valence-corrected chi connectivity index (χ1v) is 11.9. The van der Waals surface area contributed by atoms with Crippen molar-refractivity contribution in [3.8, 4) is 17.2 Å². The minimum atomic E-state index is -3.04. The minimum absolute atomic E-state index is 0.0546. The van der Waals surface area contributed by atoms with Crippen LogP contribution in [0.15, 0.2) is 30.3 Å². The van der Waals surface area contributed by atoms with Gasteiger partial charge in [-0.05, 0) is 57.0 Å². The number of benzene rings is 1. The molecular weight excluding hydrogens is 404 g/mol. The van der Waals surface area contributed by atoms with Crippen LogP contribution in [0.3, 0.4) is 0 Å². The second-order valence-corrected chi connectivity index (χ2v) is 9.94. The summed E-state index contributed by atoms with van der Waals surface area (Å²) in [5, 5.41) is 0. The molecule has 4 rings (SSSR count). The van der Waals surface area contributed by atoms with Crippen molar-refractivity contribution in [1.29, 1.82) is 0 Å². The fourth-order valence-corrected chi connectivity index (χ4v) is 5.98. The molecular formula is C22H26N2O5S. The zero-order valence-corrected chi connectivity index (χ0v) is 18.2. The number of nitrogens with zero attached hydrogens (tertiary/aromatic N) is 2. The first-order valence-electron chi connectivity index (χ1n) is 10.1. The summed E-state index contributed by atoms with van der Waals surface area (Å²) in [6.45, 7) is 6.61. The first kappa shape index (κ1) is 20.5. The largest absolute Gasteiger partial charge is 0.454 e. The molecule has 30 heavy (non-hydrogen) atoms. The molecule has 0 bridgehead atoms. The van der Waals surface area contributed by atoms with Crippen LogP contribution in [0.1, 0.15) is 30.3 Å². The van der Waals surface area contributed by atoms with E-state index >= 15 is 0 Å². The number of amides is 1. The van der Waals surface area contributed by atoms with Gasteiger partial charge < -0.3 is 18.9 Å². The Balaban J connectivity index is 1.56. The van der Waals surface area contributed by atoms with Gasteiger partial charge >= 0.3 is 0 Å². The Kier molecular flexibility index (Phi) is 5.36. The summed E-state index contributed by atoms with van der Waals surface area (Å²) >= 11 is 0. The molecule has 3 heterocycles. The smallest absolute Gasteiger partial charge is 0.246 e. The van der Waals surface area contributed by atoms with E-state index in [9.17, 15) is 13.2 Å². The molecule has 2 aliphatic rings. The van der Waals surface area contributed by atoms with E-state index in [0.29, 0.717) is 13.0 Å². The van der Waals surface area contributed by atoms with Crippen LogP contribution >= 0.6 is 0 Å². The van der Waals surface area contributed by atoms with Crippen molar-refractivity contribution in [3.05, 3.63) is 47.3 Å². The SMILES string of the molecule is CCN(C(=O)C=Cc1cc(C)n(-c2ccc3c(c2)OCO3)c1C)C1CCS(=O)(=O)C1. The number of fused-ring (bicyclic) bond motifs is 1. The van der Waals surface area contributed by atoms with Gasteiger partial charge in [0, 0.05) is 41.8 Å². The third-order valence-corrected chi connectivity index (χ3v) is 7.51. The summed E-state index contributed by atoms with van der Waals surface area (Å²) in [6.07, 6.45) is 3.86. The van der Waals surface area contributed by atoms with Crippen LogP contribution in [0.5, 0.6) is 11.5 Å². The van der Waals surface area contributed by atoms with Crippen molar-refractivity contribution in [1.82, 2.24) is 9.47 Å². The predicted octanol–water partition coefficient (Wildman–Crippen LogP) is 2.87. The van der Waals surface area contributed by atoms with Gasteiger partial charge in [-0.1, -0.05) is 0 Å². The Bertz CT molecular complexity index is 1120. The summed E-state index contributed by atoms with van der Waals surface area (Å²) in [5.74, 6) is 1.51. The molecule has 1 amide bonds. The first-order chi connectivity index (χ1) is 14.3. The van der Waals surface area contributed by atoms with E-state index in [1.165, 1.54) is 0 Å². The maximum absolute atomic E-state index is 12.8. The Morgan fingerprint density at radius 3 is 2.70 bits per heavy atom. The van der Waals surface area contributed by atoms with Crippen molar-refractivity contribution in [2.75, 3.05) is 24.8 Å². The molecule has 1 aromatic carbocycles. The number of sulfone groups is 1. The molecule has 7 nitrogen and oxygen atoms in total. The van der Waals surface area contributed by atoms with Crippen molar-refractivity contribution >= 4 is 21.8 Å². The molecule has 1 aromatic heterocycles. The highest BCUT2D eigenvalue weighted by Crippen LogP contribution is 2.35. The molecule has 160 valence electrons. The van der Waals surface area contributed by atoms with E-state index in [0.717, 1.165) is 34.1 Å². The van der Waals surface area contributed by atoms with Gasteiger partial charge in [-0.3, -0.25) is 4.79 Å². The summed E-state index contributed by atoms with van der Waals surface area (Å²) < 4.78 is 36.5. The van der Waals surface area contributed by atoms with Crippen LogP contribution in [0.25, 0.3) is 11.8 Å². The van der Waals surface area contributed by atoms with E-state index in [-0.39, 0.29) is 30.2 Å². The highest BCUT2D eigenvalue weighted by Gasteiger charge is 2.33. The normalized spacial score (nSPS) is 19.5. The monoisotopic (exact) mass is 430 g/mol. The van der Waals surface area contributed by atoms with Gasteiger partial charge in [0.1, 0.15) is 0 Å². The average molecular weight is 431 g/mol. The van der Waals surface area contributed by atoms with Crippen LogP contribution in [0, 0.1) is 13.8 Å². The number of ether oxygens (including phenoxy) is 2. The van der Waals surface area contributed by atoms with Crippen LogP contribution < -0.4 is 9.47 Å². The molecule has 2 aliphatic heterocycles. The Morgan fingerprint density at radius 2 is 2.00 bits per heavy atom. The van der Waals surface area contributed by atoms with Gasteiger partial charge in [0.25, 0.3) is 0 Å². The van der Waals surface area contributed by atoms with Gasteiger partial charge in [0.2, 0.25) is 12.7 Å². The summed E-state index contributed by atoms with van der Waals surface area (Å²) in [6, 6.07) is 7.61. The number of hydrogen-bond acceptors (Lipinski definition) is 5. The van der Waals surface area contributed by atoms with Crippen molar-refractivity contribution in [2.24, 2.45) is 0 Å². The van der Waals surface area contributed by atoms with Crippen LogP contribution in [-0.4, -0.2) is 54.7 Å². The highest BCUT2D eigenvalue weighted by molar-refractivity contribution is 7.91. The van der Waals surface area contributed by atoms with Crippen molar-refractivity contribution < 1.29 is 22.7 Å². The van der Waals surface area contributed by atoms with E-state index in [1.54, 1.807) is 17.1 Å². The van der Waals surface area contributed by atoms with Crippen LogP contribution in [-0.2, 0) is 14.6 Å². The Hall–Kier alpha value is -2.74. The molecule has 0 N–H and O–H groups in total. The van der Waals surface area contributed by atoms with Crippen LogP contribution in [0.4, 0.5) is 0 Å². The molecule has 1 unspecified atom stereocenters. The molecule has 0 aliphatic carbocycles. The Morgan fingerprint density at radius 1 is 1.23 bits per heavy atom. The highest BCUT2D eigenvalue weighted by atomic mass is 32.2. The van der Waals surface area contributed by atoms with Gasteiger partial charge in [0.05, 0.1) is 11.5 Å². The number of likely N-dealkylation sites (N-methyl/N-ethyl adjacent to an activating group) is 1. The topological polar surface area (TPSA) is 77.8 Å². The summed E-state index contributed by atoms with van der Waals surface area (Å²) in [5.41, 5.74) is 3.94. The lowest BCUT2D eigenvalue weighted by Crippen LogP contribution is -2.40. The lowest BCUT2D eigenvalue weighted by atomic mass is 10.2. The number of aryl methyl sites for hydroxylation is 1. The lowest BCUT2D eigenvalue weighted by Gasteiger charge is -2.25. The van der Waals surface area contributed by atoms with Gasteiger partial charge in [0.15, 0.2) is 21.3 Å². The second kappa shape index (κ2) is 7.83. The standard InChI is InChI=1S/C22H26N2O5S/c1-4-23(19-9-10-30(26,27)13-19)22(25)8-5-17-11-15(2)24(16(17)3)18-6-7-20-21(12-18)29-14-28-20/h5-8,11-12,19H,4,9-10,13-14H2,1-3H3. The molecule has 0 saturated carbocycles. The lowest BCUT2D eigenvalue weighted by molar-refractivity contribution is -0.127. The van der Waals surface area contributed by atoms with E-state index in [1.807, 2.05) is 45.0 Å². The number of aromatic nitrogens is 1. The van der Waals surface area contributed by atoms with E-state index in [2.05, 4.69) is 4.57 Å². The third kappa shape index (κ3) is 3.84. The summed E-state index contributed by atoms with van der Waals surface area (Å²) in [7, 11) is -3.04. The molecule has 1 saturated heterocycles. The minimum Gasteiger partial charge on any atom is -0.454 e. The quantitative estimate of drug-likeness (QED) is 0.682. The predicted molar refractivity (Wildman–Crippen MR) is 115 cm³/mol. The summed E-state index contributed by atoms with van der Waals surface area (Å²) in [4.78, 5) is 14.4. The maximum atomic E-state index is 12.8.